The van der Waals surface area contributed by atoms with Gasteiger partial charge >= 0.3 is 21.1 Å². The largest absolute Gasteiger partial charge is 2.00 e. The molecule has 2 aromatic carbocycles. The number of benzene rings is 2. The van der Waals surface area contributed by atoms with Crippen LogP contribution in [-0.4, -0.2) is 37.0 Å². The van der Waals surface area contributed by atoms with E-state index in [1.807, 2.05) is 37.3 Å². The molecule has 258 valence electrons. The zero-order valence-electron chi connectivity index (χ0n) is 30.6. The van der Waals surface area contributed by atoms with Gasteiger partial charge in [-0.1, -0.05) is 110 Å². The minimum Gasteiger partial charge on any atom is -0.366 e. The predicted octanol–water partition coefficient (Wildman–Crippen LogP) is 12.6. The second-order valence-electron chi connectivity index (χ2n) is 11.9. The number of aryl methyl sites for hydroxylation is 1. The van der Waals surface area contributed by atoms with Gasteiger partial charge in [-0.15, -0.1) is 35.4 Å². The van der Waals surface area contributed by atoms with Crippen LogP contribution in [0.1, 0.15) is 141 Å². The second kappa shape index (κ2) is 38.1. The summed E-state index contributed by atoms with van der Waals surface area (Å²) in [7, 11) is 0.135. The summed E-state index contributed by atoms with van der Waals surface area (Å²) in [6.07, 6.45) is 40.3. The molecule has 0 aliphatic heterocycles. The Hall–Kier alpha value is -1.40. The van der Waals surface area contributed by atoms with Crippen molar-refractivity contribution in [3.8, 4) is 17.9 Å². The van der Waals surface area contributed by atoms with Crippen LogP contribution in [0, 0.1) is 42.9 Å². The minimum atomic E-state index is 0. The van der Waals surface area contributed by atoms with E-state index in [4.69, 9.17) is 18.1 Å². The third kappa shape index (κ3) is 31.2. The van der Waals surface area contributed by atoms with E-state index in [1.165, 1.54) is 82.6 Å². The summed E-state index contributed by atoms with van der Waals surface area (Å²) < 4.78 is 0. The van der Waals surface area contributed by atoms with Gasteiger partial charge in [0.1, 0.15) is 0 Å². The molecule has 0 aliphatic carbocycles. The molecular formula is C42H67NP2Pt+2. The average molecular weight is 843 g/mol. The molecular weight excluding hydrogens is 775 g/mol. The maximum absolute atomic E-state index is 8.38. The molecule has 2 rings (SSSR count). The van der Waals surface area contributed by atoms with Gasteiger partial charge in [0.05, 0.1) is 43.0 Å². The van der Waals surface area contributed by atoms with Crippen LogP contribution in [0.3, 0.4) is 0 Å². The van der Waals surface area contributed by atoms with E-state index in [9.17, 15) is 0 Å². The van der Waals surface area contributed by atoms with Crippen LogP contribution in [0.5, 0.6) is 0 Å². The maximum Gasteiger partial charge on any atom is 2.00 e. The number of rotatable bonds is 18. The maximum atomic E-state index is 8.38. The number of hydrogen-bond donors (Lipinski definition) is 0. The molecule has 0 saturated heterocycles. The van der Waals surface area contributed by atoms with Crippen LogP contribution in [0.2, 0.25) is 0 Å². The van der Waals surface area contributed by atoms with Crippen LogP contribution >= 0.6 is 15.8 Å². The molecule has 0 unspecified atom stereocenters. The van der Waals surface area contributed by atoms with Crippen molar-refractivity contribution in [1.29, 1.82) is 5.26 Å². The Morgan fingerprint density at radius 1 is 0.478 bits per heavy atom. The summed E-state index contributed by atoms with van der Waals surface area (Å²) in [5, 5.41) is 8.38. The molecule has 0 N–H and O–H groups in total. The summed E-state index contributed by atoms with van der Waals surface area (Å²) in [4.78, 5) is 0. The van der Waals surface area contributed by atoms with Gasteiger partial charge in [0.2, 0.25) is 0 Å². The monoisotopic (exact) mass is 842 g/mol. The van der Waals surface area contributed by atoms with Crippen LogP contribution in [-0.2, 0) is 21.1 Å². The summed E-state index contributed by atoms with van der Waals surface area (Å²) in [6, 6.07) is 16.4. The quantitative estimate of drug-likeness (QED) is 0.0833. The second-order valence-corrected chi connectivity index (χ2v) is 17.9. The van der Waals surface area contributed by atoms with Crippen LogP contribution < -0.4 is 0 Å². The standard InChI is InChI=1S/2C12H27P.C9H4N.C9H7.Pt/c2*1-4-7-10-13(11-8-5-2)12-9-6-3;1-2-8-3-5-9(7-10)6-4-8;1-3-9-6-4-8(2)5-7-9;/h2*4-12H2,1-3H3;3-6H;4-7H,2H3;/q;;2*-1;+2/p+2. The molecule has 4 heteroatoms. The Bertz CT molecular complexity index is 933. The third-order valence-corrected chi connectivity index (χ3v) is 14.0. The Balaban J connectivity index is -0.000000537. The molecule has 0 radical (unpaired) electrons. The van der Waals surface area contributed by atoms with Gasteiger partial charge in [-0.3, -0.25) is 11.8 Å². The van der Waals surface area contributed by atoms with Crippen LogP contribution in [0.15, 0.2) is 48.5 Å². The molecule has 0 atom stereocenters. The van der Waals surface area contributed by atoms with E-state index in [-0.39, 0.29) is 36.9 Å². The summed E-state index contributed by atoms with van der Waals surface area (Å²) in [5.41, 5.74) is 3.35. The van der Waals surface area contributed by atoms with Crippen LogP contribution in [0.25, 0.3) is 0 Å². The molecule has 0 spiro atoms. The first-order valence-electron chi connectivity index (χ1n) is 18.0. The Morgan fingerprint density at radius 3 is 0.935 bits per heavy atom. The predicted molar refractivity (Wildman–Crippen MR) is 210 cm³/mol. The summed E-state index contributed by atoms with van der Waals surface area (Å²) in [5.74, 6) is 4.52. The number of hydrogen-bond acceptors (Lipinski definition) is 1. The Labute approximate surface area is 304 Å². The van der Waals surface area contributed by atoms with Gasteiger partial charge in [0.25, 0.3) is 0 Å². The van der Waals surface area contributed by atoms with Gasteiger partial charge in [0.15, 0.2) is 0 Å². The molecule has 0 bridgehead atoms. The molecule has 0 saturated carbocycles. The zero-order valence-corrected chi connectivity index (χ0v) is 34.9. The normalized spacial score (nSPS) is 9.61. The van der Waals surface area contributed by atoms with Crippen molar-refractivity contribution >= 4 is 15.8 Å². The first kappa shape index (κ1) is 49.0. The van der Waals surface area contributed by atoms with Crippen molar-refractivity contribution in [2.24, 2.45) is 0 Å². The molecule has 2 aromatic rings. The molecule has 0 aromatic heterocycles. The van der Waals surface area contributed by atoms with Gasteiger partial charge in [-0.05, 0) is 45.4 Å². The van der Waals surface area contributed by atoms with Gasteiger partial charge in [-0.25, -0.2) is 0 Å². The molecule has 0 heterocycles. The SMILES string of the molecule is CCCC[PH+](CCCC)CCCC.CCCC[PH+](CCCC)CCCC.[C-]#Cc1ccc(C#N)cc1.[C-]#Cc1ccc(C)cc1.[Pt+2]. The van der Waals surface area contributed by atoms with Crippen molar-refractivity contribution in [2.45, 2.75) is 126 Å². The van der Waals surface area contributed by atoms with E-state index < -0.39 is 0 Å². The van der Waals surface area contributed by atoms with E-state index in [1.54, 1.807) is 61.2 Å². The fourth-order valence-corrected chi connectivity index (χ4v) is 11.2. The zero-order chi connectivity index (χ0) is 34.0. The Morgan fingerprint density at radius 2 is 0.717 bits per heavy atom. The molecule has 0 amide bonds. The first-order chi connectivity index (χ1) is 21.9. The molecule has 0 fully saturated rings. The van der Waals surface area contributed by atoms with Crippen molar-refractivity contribution < 1.29 is 21.1 Å². The van der Waals surface area contributed by atoms with E-state index >= 15 is 0 Å². The topological polar surface area (TPSA) is 23.8 Å². The fourth-order valence-electron chi connectivity index (χ4n) is 4.58. The number of unbranched alkanes of at least 4 members (excludes halogenated alkanes) is 6. The van der Waals surface area contributed by atoms with Crippen molar-refractivity contribution in [2.75, 3.05) is 37.0 Å². The number of nitrogens with zero attached hydrogens (tertiary/aromatic N) is 1. The fraction of sp³-hybridized carbons (Fsp3) is 0.595. The van der Waals surface area contributed by atoms with Gasteiger partial charge in [-0.2, -0.15) is 5.26 Å². The first-order valence-corrected chi connectivity index (χ1v) is 22.2. The van der Waals surface area contributed by atoms with Gasteiger partial charge < -0.3 is 12.8 Å². The minimum absolute atomic E-state index is 0. The molecule has 46 heavy (non-hydrogen) atoms. The van der Waals surface area contributed by atoms with E-state index in [0.717, 1.165) is 5.56 Å². The average Bonchev–Trinajstić information content (AvgIpc) is 3.09. The third-order valence-electron chi connectivity index (χ3n) is 7.66. The summed E-state index contributed by atoms with van der Waals surface area (Å²) >= 11 is 0. The van der Waals surface area contributed by atoms with Crippen molar-refractivity contribution in [1.82, 2.24) is 0 Å². The number of nitriles is 1. The van der Waals surface area contributed by atoms with Crippen LogP contribution in [0.4, 0.5) is 0 Å². The smallest absolute Gasteiger partial charge is 0.366 e. The van der Waals surface area contributed by atoms with E-state index in [2.05, 4.69) is 53.4 Å². The van der Waals surface area contributed by atoms with Gasteiger partial charge in [0, 0.05) is 21.4 Å². The van der Waals surface area contributed by atoms with Crippen molar-refractivity contribution in [3.05, 3.63) is 83.6 Å². The van der Waals surface area contributed by atoms with Crippen molar-refractivity contribution in [3.63, 3.8) is 0 Å². The Kier molecular flexibility index (Phi) is 40.5. The molecule has 0 aliphatic rings. The van der Waals surface area contributed by atoms with E-state index in [0.29, 0.717) is 11.1 Å². The summed E-state index contributed by atoms with van der Waals surface area (Å²) in [6.45, 7) is 15.9. The molecule has 1 nitrogen and oxygen atoms in total.